The van der Waals surface area contributed by atoms with Gasteiger partial charge < -0.3 is 14.2 Å². The van der Waals surface area contributed by atoms with Crippen molar-refractivity contribution in [2.75, 3.05) is 26.2 Å². The van der Waals surface area contributed by atoms with Gasteiger partial charge in [0.15, 0.2) is 5.76 Å². The van der Waals surface area contributed by atoms with Crippen LogP contribution in [0, 0.1) is 0 Å². The average Bonchev–Trinajstić information content (AvgIpc) is 3.34. The number of carbonyl (C=O) groups excluding carboxylic acids is 1. The first kappa shape index (κ1) is 18.6. The Morgan fingerprint density at radius 3 is 2.73 bits per heavy atom. The van der Waals surface area contributed by atoms with E-state index in [0.29, 0.717) is 5.76 Å². The van der Waals surface area contributed by atoms with E-state index in [0.717, 1.165) is 51.3 Å². The zero-order valence-electron chi connectivity index (χ0n) is 15.9. The van der Waals surface area contributed by atoms with Gasteiger partial charge in [0.1, 0.15) is 6.04 Å². The molecule has 0 aliphatic carbocycles. The highest BCUT2D eigenvalue weighted by atomic mass is 16.3. The van der Waals surface area contributed by atoms with E-state index in [-0.39, 0.29) is 18.0 Å². The van der Waals surface area contributed by atoms with Gasteiger partial charge in [0.2, 0.25) is 5.82 Å². The molecule has 1 atom stereocenters. The fourth-order valence-electron chi connectivity index (χ4n) is 3.62. The third kappa shape index (κ3) is 3.95. The molecule has 0 radical (unpaired) electrons. The number of nitrogens with zero attached hydrogens (tertiary/aromatic N) is 5. The summed E-state index contributed by atoms with van der Waals surface area (Å²) in [5.74, 6) is 1.36. The van der Waals surface area contributed by atoms with Gasteiger partial charge in [-0.3, -0.25) is 4.79 Å². The Morgan fingerprint density at radius 1 is 1.35 bits per heavy atom. The molecule has 1 aliphatic rings. The van der Waals surface area contributed by atoms with E-state index >= 15 is 0 Å². The maximum Gasteiger partial charge on any atom is 0.289 e. The number of hydrogen-bond donors (Lipinski definition) is 1. The van der Waals surface area contributed by atoms with E-state index < -0.39 is 0 Å². The predicted octanol–water partition coefficient (Wildman–Crippen LogP) is 1.12. The van der Waals surface area contributed by atoms with Crippen molar-refractivity contribution in [2.45, 2.75) is 52.1 Å². The second-order valence-electron chi connectivity index (χ2n) is 7.20. The molecule has 2 aromatic rings. The first-order valence-corrected chi connectivity index (χ1v) is 9.57. The minimum atomic E-state index is -0.0221. The number of furan rings is 1. The highest BCUT2D eigenvalue weighted by Gasteiger charge is 2.34. The summed E-state index contributed by atoms with van der Waals surface area (Å²) in [7, 11) is 0. The number of carbonyl (C=O) groups is 1. The molecule has 8 heteroatoms. The molecule has 0 aromatic carbocycles. The average molecular weight is 361 g/mol. The van der Waals surface area contributed by atoms with Crippen molar-refractivity contribution in [3.8, 4) is 0 Å². The summed E-state index contributed by atoms with van der Waals surface area (Å²) in [6.07, 6.45) is 4.90. The van der Waals surface area contributed by atoms with Gasteiger partial charge in [-0.15, -0.1) is 5.10 Å². The first-order chi connectivity index (χ1) is 12.6. The topological polar surface area (TPSA) is 81.5 Å². The molecule has 142 valence electrons. The fraction of sp³-hybridized carbons (Fsp3) is 0.667. The quantitative estimate of drug-likeness (QED) is 0.799. The molecular formula is C18H29N6O2+. The number of piperazine rings is 1. The van der Waals surface area contributed by atoms with Crippen LogP contribution in [-0.2, 0) is 0 Å². The molecule has 1 amide bonds. The van der Waals surface area contributed by atoms with Gasteiger partial charge in [-0.05, 0) is 42.8 Å². The maximum atomic E-state index is 12.5. The summed E-state index contributed by atoms with van der Waals surface area (Å²) in [6, 6.07) is 3.99. The molecule has 2 aromatic heterocycles. The van der Waals surface area contributed by atoms with Crippen LogP contribution >= 0.6 is 0 Å². The number of amides is 1. The summed E-state index contributed by atoms with van der Waals surface area (Å²) < 4.78 is 7.19. The van der Waals surface area contributed by atoms with Crippen LogP contribution in [0.1, 0.15) is 68.5 Å². The second-order valence-corrected chi connectivity index (χ2v) is 7.20. The molecule has 0 bridgehead atoms. The minimum absolute atomic E-state index is 0.0221. The summed E-state index contributed by atoms with van der Waals surface area (Å²) in [5.41, 5.74) is 0. The molecule has 0 unspecified atom stereocenters. The monoisotopic (exact) mass is 361 g/mol. The summed E-state index contributed by atoms with van der Waals surface area (Å²) in [5, 5.41) is 12.4. The number of nitrogens with one attached hydrogen (secondary N) is 1. The van der Waals surface area contributed by atoms with Crippen LogP contribution in [0.5, 0.6) is 0 Å². The second kappa shape index (κ2) is 8.44. The summed E-state index contributed by atoms with van der Waals surface area (Å²) in [4.78, 5) is 15.8. The number of aromatic nitrogens is 4. The van der Waals surface area contributed by atoms with Crippen molar-refractivity contribution in [3.05, 3.63) is 30.0 Å². The van der Waals surface area contributed by atoms with Gasteiger partial charge in [0, 0.05) is 6.42 Å². The minimum Gasteiger partial charge on any atom is -0.459 e. The van der Waals surface area contributed by atoms with Crippen LogP contribution in [0.2, 0.25) is 0 Å². The first-order valence-electron chi connectivity index (χ1n) is 9.57. The van der Waals surface area contributed by atoms with Crippen molar-refractivity contribution in [2.24, 2.45) is 0 Å². The smallest absolute Gasteiger partial charge is 0.289 e. The van der Waals surface area contributed by atoms with Crippen LogP contribution in [0.25, 0.3) is 0 Å². The van der Waals surface area contributed by atoms with Crippen molar-refractivity contribution < 1.29 is 14.1 Å². The molecule has 3 heterocycles. The van der Waals surface area contributed by atoms with Gasteiger partial charge in [-0.25, -0.2) is 4.68 Å². The Bertz CT molecular complexity index is 688. The van der Waals surface area contributed by atoms with Crippen LogP contribution in [0.4, 0.5) is 0 Å². The number of unbranched alkanes of at least 4 members (excludes halogenated alkanes) is 1. The van der Waals surface area contributed by atoms with Gasteiger partial charge in [0.05, 0.1) is 38.5 Å². The maximum absolute atomic E-state index is 12.5. The third-order valence-electron chi connectivity index (χ3n) is 5.08. The molecule has 3 rings (SSSR count). The van der Waals surface area contributed by atoms with Gasteiger partial charge in [-0.1, -0.05) is 13.3 Å². The number of quaternary nitrogens is 1. The molecule has 1 aliphatic heterocycles. The number of hydrogen-bond acceptors (Lipinski definition) is 5. The highest BCUT2D eigenvalue weighted by molar-refractivity contribution is 5.91. The van der Waals surface area contributed by atoms with Crippen LogP contribution in [0.3, 0.4) is 0 Å². The number of rotatable bonds is 7. The largest absolute Gasteiger partial charge is 0.459 e. The highest BCUT2D eigenvalue weighted by Crippen LogP contribution is 2.17. The molecule has 1 saturated heterocycles. The molecule has 1 fully saturated rings. The molecule has 0 spiro atoms. The lowest BCUT2D eigenvalue weighted by atomic mass is 10.1. The van der Waals surface area contributed by atoms with Crippen molar-refractivity contribution in [1.29, 1.82) is 0 Å². The van der Waals surface area contributed by atoms with Crippen molar-refractivity contribution in [1.82, 2.24) is 25.1 Å². The van der Waals surface area contributed by atoms with Gasteiger partial charge in [0.25, 0.3) is 5.91 Å². The third-order valence-corrected chi connectivity index (χ3v) is 5.08. The Hall–Kier alpha value is -2.22. The molecule has 1 N–H and O–H groups in total. The van der Waals surface area contributed by atoms with E-state index in [4.69, 9.17) is 4.42 Å². The lowest BCUT2D eigenvalue weighted by Crippen LogP contribution is -3.15. The Morgan fingerprint density at radius 2 is 2.12 bits per heavy atom. The lowest BCUT2D eigenvalue weighted by Gasteiger charge is -2.36. The molecule has 0 saturated carbocycles. The Kier molecular flexibility index (Phi) is 6.03. The SMILES string of the molecule is CCCC[C@@H](c1nnnn1C(C)C)[NH+]1CCN(C(=O)c2ccco2)CC1. The normalized spacial score (nSPS) is 17.0. The van der Waals surface area contributed by atoms with Crippen LogP contribution in [0.15, 0.2) is 22.8 Å². The van der Waals surface area contributed by atoms with Gasteiger partial charge >= 0.3 is 0 Å². The molecule has 26 heavy (non-hydrogen) atoms. The van der Waals surface area contributed by atoms with E-state index in [1.807, 2.05) is 9.58 Å². The zero-order chi connectivity index (χ0) is 18.5. The van der Waals surface area contributed by atoms with Gasteiger partial charge in [-0.2, -0.15) is 0 Å². The Labute approximate surface area is 154 Å². The standard InChI is InChI=1S/C18H28N6O2/c1-4-5-7-15(17-19-20-21-24(17)14(2)3)22-9-11-23(12-10-22)18(25)16-8-6-13-26-16/h6,8,13-15H,4-5,7,9-12H2,1-3H3/p+1/t15-/m0/s1. The van der Waals surface area contributed by atoms with Crippen LogP contribution in [-0.4, -0.2) is 57.2 Å². The molecule has 8 nitrogen and oxygen atoms in total. The van der Waals surface area contributed by atoms with Crippen molar-refractivity contribution >= 4 is 5.91 Å². The molecular weight excluding hydrogens is 332 g/mol. The van der Waals surface area contributed by atoms with E-state index in [1.165, 1.54) is 4.90 Å². The number of tetrazole rings is 1. The predicted molar refractivity (Wildman–Crippen MR) is 95.8 cm³/mol. The van der Waals surface area contributed by atoms with E-state index in [9.17, 15) is 4.79 Å². The summed E-state index contributed by atoms with van der Waals surface area (Å²) >= 11 is 0. The van der Waals surface area contributed by atoms with E-state index in [1.54, 1.807) is 18.4 Å². The summed E-state index contributed by atoms with van der Waals surface area (Å²) in [6.45, 7) is 9.65. The Balaban J connectivity index is 1.69. The lowest BCUT2D eigenvalue weighted by molar-refractivity contribution is -0.936. The zero-order valence-corrected chi connectivity index (χ0v) is 15.9. The fourth-order valence-corrected chi connectivity index (χ4v) is 3.62. The van der Waals surface area contributed by atoms with Crippen molar-refractivity contribution in [3.63, 3.8) is 0 Å². The van der Waals surface area contributed by atoms with E-state index in [2.05, 4.69) is 36.3 Å². The van der Waals surface area contributed by atoms with Crippen LogP contribution < -0.4 is 4.90 Å².